The van der Waals surface area contributed by atoms with E-state index in [0.717, 1.165) is 18.8 Å². The predicted octanol–water partition coefficient (Wildman–Crippen LogP) is 2.69. The van der Waals surface area contributed by atoms with E-state index in [4.69, 9.17) is 9.47 Å². The summed E-state index contributed by atoms with van der Waals surface area (Å²) < 4.78 is 10.8. The Bertz CT molecular complexity index is 339. The van der Waals surface area contributed by atoms with Crippen LogP contribution in [0.3, 0.4) is 0 Å². The highest BCUT2D eigenvalue weighted by atomic mass is 16.5. The van der Waals surface area contributed by atoms with Gasteiger partial charge in [0.1, 0.15) is 5.75 Å². The molecule has 0 heterocycles. The summed E-state index contributed by atoms with van der Waals surface area (Å²) in [7, 11) is 3.65. The molecule has 1 aromatic carbocycles. The first-order chi connectivity index (χ1) is 8.22. The van der Waals surface area contributed by atoms with Crippen molar-refractivity contribution in [2.75, 3.05) is 27.4 Å². The Kier molecular flexibility index (Phi) is 6.01. The van der Waals surface area contributed by atoms with Gasteiger partial charge in [0.25, 0.3) is 0 Å². The van der Waals surface area contributed by atoms with Crippen LogP contribution < -0.4 is 10.1 Å². The topological polar surface area (TPSA) is 30.5 Å². The lowest BCUT2D eigenvalue weighted by Crippen LogP contribution is -2.22. The van der Waals surface area contributed by atoms with Gasteiger partial charge in [-0.15, -0.1) is 0 Å². The normalized spacial score (nSPS) is 12.5. The van der Waals surface area contributed by atoms with E-state index in [9.17, 15) is 0 Å². The van der Waals surface area contributed by atoms with Gasteiger partial charge in [-0.2, -0.15) is 0 Å². The largest absolute Gasteiger partial charge is 0.497 e. The van der Waals surface area contributed by atoms with E-state index in [1.54, 1.807) is 7.11 Å². The van der Waals surface area contributed by atoms with Crippen molar-refractivity contribution in [2.24, 2.45) is 0 Å². The van der Waals surface area contributed by atoms with Crippen molar-refractivity contribution in [1.29, 1.82) is 0 Å². The molecular weight excluding hydrogens is 214 g/mol. The summed E-state index contributed by atoms with van der Waals surface area (Å²) >= 11 is 0. The summed E-state index contributed by atoms with van der Waals surface area (Å²) in [4.78, 5) is 0. The second kappa shape index (κ2) is 7.30. The van der Waals surface area contributed by atoms with Crippen LogP contribution in [0.2, 0.25) is 0 Å². The van der Waals surface area contributed by atoms with Crippen LogP contribution in [0, 0.1) is 6.92 Å². The molecule has 1 aromatic rings. The van der Waals surface area contributed by atoms with Crippen molar-refractivity contribution in [3.05, 3.63) is 29.3 Å². The molecule has 0 aromatic heterocycles. The number of ether oxygens (including phenoxy) is 2. The first-order valence-corrected chi connectivity index (χ1v) is 6.12. The molecular formula is C14H23NO2. The molecule has 0 amide bonds. The van der Waals surface area contributed by atoms with Crippen LogP contribution in [0.15, 0.2) is 18.2 Å². The summed E-state index contributed by atoms with van der Waals surface area (Å²) in [6.07, 6.45) is 1.05. The maximum absolute atomic E-state index is 5.61. The van der Waals surface area contributed by atoms with Crippen molar-refractivity contribution in [2.45, 2.75) is 26.3 Å². The van der Waals surface area contributed by atoms with Crippen molar-refractivity contribution in [1.82, 2.24) is 5.32 Å². The Balaban J connectivity index is 2.73. The highest BCUT2D eigenvalue weighted by molar-refractivity contribution is 5.36. The summed E-state index contributed by atoms with van der Waals surface area (Å²) in [6, 6.07) is 6.39. The smallest absolute Gasteiger partial charge is 0.119 e. The molecule has 0 bridgehead atoms. The fourth-order valence-corrected chi connectivity index (χ4v) is 1.84. The van der Waals surface area contributed by atoms with Gasteiger partial charge in [-0.25, -0.2) is 0 Å². The first kappa shape index (κ1) is 14.0. The zero-order valence-corrected chi connectivity index (χ0v) is 11.2. The van der Waals surface area contributed by atoms with Crippen molar-refractivity contribution >= 4 is 0 Å². The van der Waals surface area contributed by atoms with Crippen LogP contribution in [0.4, 0.5) is 0 Å². The van der Waals surface area contributed by atoms with Crippen LogP contribution in [0.5, 0.6) is 5.75 Å². The molecule has 96 valence electrons. The van der Waals surface area contributed by atoms with Gasteiger partial charge in [0, 0.05) is 6.61 Å². The lowest BCUT2D eigenvalue weighted by atomic mass is 10.0. The lowest BCUT2D eigenvalue weighted by Gasteiger charge is -2.19. The quantitative estimate of drug-likeness (QED) is 0.740. The molecule has 3 heteroatoms. The van der Waals surface area contributed by atoms with Crippen molar-refractivity contribution in [3.8, 4) is 5.75 Å². The maximum atomic E-state index is 5.61. The van der Waals surface area contributed by atoms with E-state index >= 15 is 0 Å². The Morgan fingerprint density at radius 1 is 1.35 bits per heavy atom. The molecule has 0 aliphatic heterocycles. The van der Waals surface area contributed by atoms with Gasteiger partial charge in [0.05, 0.1) is 19.8 Å². The molecule has 0 saturated carbocycles. The Hall–Kier alpha value is -1.06. The van der Waals surface area contributed by atoms with E-state index in [1.165, 1.54) is 11.1 Å². The van der Waals surface area contributed by atoms with Crippen LogP contribution in [-0.2, 0) is 4.74 Å². The summed E-state index contributed by atoms with van der Waals surface area (Å²) in [5.41, 5.74) is 2.49. The zero-order valence-electron chi connectivity index (χ0n) is 11.2. The maximum Gasteiger partial charge on any atom is 0.119 e. The molecule has 0 fully saturated rings. The molecule has 1 unspecified atom stereocenters. The summed E-state index contributed by atoms with van der Waals surface area (Å²) in [5.74, 6) is 0.899. The minimum Gasteiger partial charge on any atom is -0.497 e. The predicted molar refractivity (Wildman–Crippen MR) is 70.6 cm³/mol. The van der Waals surface area contributed by atoms with Crippen LogP contribution in [0.25, 0.3) is 0 Å². The minimum absolute atomic E-state index is 0.243. The standard InChI is InChI=1S/C14H23NO2/c1-5-8-17-10-14(15-3)13-7-6-12(16-4)9-11(13)2/h6-7,9,14-15H,5,8,10H2,1-4H3. The number of rotatable bonds is 7. The third-order valence-corrected chi connectivity index (χ3v) is 2.83. The molecule has 1 rings (SSSR count). The first-order valence-electron chi connectivity index (χ1n) is 6.12. The van der Waals surface area contributed by atoms with Gasteiger partial charge in [0.2, 0.25) is 0 Å². The molecule has 3 nitrogen and oxygen atoms in total. The number of aryl methyl sites for hydroxylation is 1. The summed E-state index contributed by atoms with van der Waals surface area (Å²) in [5, 5.41) is 3.29. The molecule has 0 spiro atoms. The summed E-state index contributed by atoms with van der Waals surface area (Å²) in [6.45, 7) is 5.74. The molecule has 0 radical (unpaired) electrons. The van der Waals surface area contributed by atoms with Gasteiger partial charge < -0.3 is 14.8 Å². The van der Waals surface area contributed by atoms with Crippen molar-refractivity contribution in [3.63, 3.8) is 0 Å². The highest BCUT2D eigenvalue weighted by Crippen LogP contribution is 2.22. The fourth-order valence-electron chi connectivity index (χ4n) is 1.84. The average Bonchev–Trinajstić information content (AvgIpc) is 2.35. The monoisotopic (exact) mass is 237 g/mol. The van der Waals surface area contributed by atoms with Gasteiger partial charge in [-0.3, -0.25) is 0 Å². The Morgan fingerprint density at radius 2 is 2.12 bits per heavy atom. The SMILES string of the molecule is CCCOCC(NC)c1ccc(OC)cc1C. The molecule has 0 aliphatic carbocycles. The van der Waals surface area contributed by atoms with E-state index in [2.05, 4.69) is 31.3 Å². The Morgan fingerprint density at radius 3 is 2.65 bits per heavy atom. The number of hydrogen-bond acceptors (Lipinski definition) is 3. The average molecular weight is 237 g/mol. The lowest BCUT2D eigenvalue weighted by molar-refractivity contribution is 0.114. The van der Waals surface area contributed by atoms with E-state index < -0.39 is 0 Å². The minimum atomic E-state index is 0.243. The highest BCUT2D eigenvalue weighted by Gasteiger charge is 2.12. The third-order valence-electron chi connectivity index (χ3n) is 2.83. The van der Waals surface area contributed by atoms with E-state index in [-0.39, 0.29) is 6.04 Å². The van der Waals surface area contributed by atoms with Crippen LogP contribution >= 0.6 is 0 Å². The van der Waals surface area contributed by atoms with Gasteiger partial charge >= 0.3 is 0 Å². The number of nitrogens with one attached hydrogen (secondary N) is 1. The molecule has 0 saturated heterocycles. The molecule has 0 aliphatic rings. The number of methoxy groups -OCH3 is 1. The van der Waals surface area contributed by atoms with Gasteiger partial charge in [-0.1, -0.05) is 13.0 Å². The van der Waals surface area contributed by atoms with E-state index in [0.29, 0.717) is 6.61 Å². The van der Waals surface area contributed by atoms with Crippen molar-refractivity contribution < 1.29 is 9.47 Å². The molecule has 1 atom stereocenters. The second-order valence-electron chi connectivity index (χ2n) is 4.14. The molecule has 17 heavy (non-hydrogen) atoms. The zero-order chi connectivity index (χ0) is 12.7. The van der Waals surface area contributed by atoms with E-state index in [1.807, 2.05) is 13.1 Å². The van der Waals surface area contributed by atoms with Crippen LogP contribution in [0.1, 0.15) is 30.5 Å². The number of hydrogen-bond donors (Lipinski definition) is 1. The second-order valence-corrected chi connectivity index (χ2v) is 4.14. The van der Waals surface area contributed by atoms with Gasteiger partial charge in [0.15, 0.2) is 0 Å². The Labute approximate surface area is 104 Å². The number of likely N-dealkylation sites (N-methyl/N-ethyl adjacent to an activating group) is 1. The van der Waals surface area contributed by atoms with Crippen LogP contribution in [-0.4, -0.2) is 27.4 Å². The fraction of sp³-hybridized carbons (Fsp3) is 0.571. The number of benzene rings is 1. The van der Waals surface area contributed by atoms with Gasteiger partial charge in [-0.05, 0) is 43.7 Å². The third kappa shape index (κ3) is 4.02. The molecule has 1 N–H and O–H groups in total.